The molecule has 0 spiro atoms. The highest BCUT2D eigenvalue weighted by atomic mass is 32.2. The van der Waals surface area contributed by atoms with E-state index in [1.54, 1.807) is 0 Å². The lowest BCUT2D eigenvalue weighted by Gasteiger charge is -2.38. The normalized spacial score (nSPS) is 14.7. The number of rotatable bonds is 4. The lowest BCUT2D eigenvalue weighted by atomic mass is 9.32. The van der Waals surface area contributed by atoms with Crippen LogP contribution in [-0.2, 0) is 5.41 Å². The van der Waals surface area contributed by atoms with Crippen LogP contribution >= 0.6 is 23.5 Å². The standard InChI is InChI=1S/C55H34B2O4S2/c1-55(2)39-27-35(59-33-15-7-4-8-16-33)22-24-37(39)38-28-46-51-54(50(38)55)63-48-20-12-10-18-41(48)56(51)42-29-43-45(30-44(42)60-46)61-53-36-23-21-34(58-32-13-5-3-6-14-32)25-31(36)26-49-52(53)57(43)40-17-9-11-19-47(40)62-49/h3-30H,1-2H3. The molecule has 4 aliphatic heterocycles. The molecule has 0 saturated heterocycles. The Hall–Kier alpha value is -6.73. The summed E-state index contributed by atoms with van der Waals surface area (Å²) in [6, 6.07) is 59.9. The first kappa shape index (κ1) is 35.8. The molecule has 296 valence electrons. The van der Waals surface area contributed by atoms with Crippen molar-refractivity contribution in [2.75, 3.05) is 0 Å². The minimum absolute atomic E-state index is 0.0130. The largest absolute Gasteiger partial charge is 0.458 e. The molecule has 0 radical (unpaired) electrons. The predicted octanol–water partition coefficient (Wildman–Crippen LogP) is 10.9. The number of para-hydroxylation sites is 2. The molecule has 8 heteroatoms. The first-order chi connectivity index (χ1) is 30.9. The van der Waals surface area contributed by atoms with E-state index in [-0.39, 0.29) is 18.8 Å². The highest BCUT2D eigenvalue weighted by molar-refractivity contribution is 8.00. The monoisotopic (exact) mass is 844 g/mol. The number of fused-ring (bicyclic) bond motifs is 14. The van der Waals surface area contributed by atoms with Crippen LogP contribution in [0.15, 0.2) is 189 Å². The number of hydrogen-bond acceptors (Lipinski definition) is 6. The van der Waals surface area contributed by atoms with Gasteiger partial charge in [-0.05, 0) is 128 Å². The maximum absolute atomic E-state index is 7.20. The van der Waals surface area contributed by atoms with E-state index in [9.17, 15) is 0 Å². The fourth-order valence-electron chi connectivity index (χ4n) is 10.8. The third-order valence-electron chi connectivity index (χ3n) is 13.5. The molecule has 9 aromatic carbocycles. The SMILES string of the molecule is CC1(C)c2cc(Oc3ccccc3)ccc2-c2cc3c4c(c21)Sc1ccccc1B4c1cc2c(cc1O3)Oc1c3c(cc4cc(Oc5ccccc5)ccc14)Sc1ccccc1B23. The molecular weight excluding hydrogens is 810 g/mol. The van der Waals surface area contributed by atoms with Crippen molar-refractivity contribution in [2.24, 2.45) is 0 Å². The van der Waals surface area contributed by atoms with E-state index in [4.69, 9.17) is 18.9 Å². The maximum Gasteiger partial charge on any atom is 0.253 e. The van der Waals surface area contributed by atoms with Crippen LogP contribution < -0.4 is 51.7 Å². The Labute approximate surface area is 374 Å². The molecule has 0 fully saturated rings. The van der Waals surface area contributed by atoms with Gasteiger partial charge in [0.1, 0.15) is 46.0 Å². The Kier molecular flexibility index (Phi) is 7.48. The van der Waals surface area contributed by atoms with Gasteiger partial charge in [0.25, 0.3) is 13.4 Å². The van der Waals surface area contributed by atoms with Gasteiger partial charge in [-0.25, -0.2) is 0 Å². The van der Waals surface area contributed by atoms with Crippen molar-refractivity contribution in [3.8, 4) is 57.1 Å². The van der Waals surface area contributed by atoms with Gasteiger partial charge >= 0.3 is 0 Å². The minimum Gasteiger partial charge on any atom is -0.458 e. The molecule has 5 aliphatic rings. The summed E-state index contributed by atoms with van der Waals surface area (Å²) in [4.78, 5) is 5.05. The van der Waals surface area contributed by atoms with Gasteiger partial charge in [0.05, 0.1) is 0 Å². The summed E-state index contributed by atoms with van der Waals surface area (Å²) < 4.78 is 27.1. The van der Waals surface area contributed by atoms with Gasteiger partial charge in [0.15, 0.2) is 0 Å². The van der Waals surface area contributed by atoms with Crippen LogP contribution in [0.5, 0.6) is 46.0 Å². The van der Waals surface area contributed by atoms with Crippen LogP contribution in [0.1, 0.15) is 25.0 Å². The van der Waals surface area contributed by atoms with Gasteiger partial charge in [-0.2, -0.15) is 0 Å². The smallest absolute Gasteiger partial charge is 0.253 e. The van der Waals surface area contributed by atoms with Crippen LogP contribution in [0.2, 0.25) is 0 Å². The first-order valence-electron chi connectivity index (χ1n) is 21.4. The predicted molar refractivity (Wildman–Crippen MR) is 258 cm³/mol. The molecule has 4 heterocycles. The Morgan fingerprint density at radius 1 is 0.460 bits per heavy atom. The van der Waals surface area contributed by atoms with E-state index in [1.807, 2.05) is 90.3 Å². The van der Waals surface area contributed by atoms with E-state index >= 15 is 0 Å². The molecule has 63 heavy (non-hydrogen) atoms. The highest BCUT2D eigenvalue weighted by Gasteiger charge is 2.48. The van der Waals surface area contributed by atoms with Gasteiger partial charge in [-0.1, -0.05) is 133 Å². The molecule has 1 aliphatic carbocycles. The molecule has 0 atom stereocenters. The summed E-state index contributed by atoms with van der Waals surface area (Å²) in [6.45, 7) is 4.70. The van der Waals surface area contributed by atoms with Crippen molar-refractivity contribution < 1.29 is 18.9 Å². The second kappa shape index (κ2) is 13.1. The van der Waals surface area contributed by atoms with Crippen LogP contribution in [0.25, 0.3) is 21.9 Å². The number of benzene rings is 9. The van der Waals surface area contributed by atoms with Crippen LogP contribution in [0, 0.1) is 0 Å². The summed E-state index contributed by atoms with van der Waals surface area (Å²) in [5, 5.41) is 2.14. The van der Waals surface area contributed by atoms with Gasteiger partial charge in [-0.3, -0.25) is 0 Å². The number of ether oxygens (including phenoxy) is 4. The zero-order chi connectivity index (χ0) is 41.6. The molecule has 0 saturated carbocycles. The van der Waals surface area contributed by atoms with Gasteiger partial charge < -0.3 is 18.9 Å². The van der Waals surface area contributed by atoms with Gasteiger partial charge in [0, 0.05) is 36.4 Å². The van der Waals surface area contributed by atoms with E-state index < -0.39 is 0 Å². The summed E-state index contributed by atoms with van der Waals surface area (Å²) in [5.41, 5.74) is 12.2. The van der Waals surface area contributed by atoms with Crippen molar-refractivity contribution >= 4 is 80.5 Å². The quantitative estimate of drug-likeness (QED) is 0.164. The molecule has 0 aromatic heterocycles. The molecular formula is C55H34B2O4S2. The number of hydrogen-bond donors (Lipinski definition) is 0. The van der Waals surface area contributed by atoms with Crippen molar-refractivity contribution in [2.45, 2.75) is 38.8 Å². The molecule has 0 bridgehead atoms. The van der Waals surface area contributed by atoms with Gasteiger partial charge in [0.2, 0.25) is 0 Å². The topological polar surface area (TPSA) is 36.9 Å². The molecule has 14 rings (SSSR count). The third kappa shape index (κ3) is 5.22. The van der Waals surface area contributed by atoms with E-state index in [2.05, 4.69) is 117 Å². The van der Waals surface area contributed by atoms with E-state index in [0.29, 0.717) is 0 Å². The maximum atomic E-state index is 7.20. The third-order valence-corrected chi connectivity index (χ3v) is 15.9. The zero-order valence-corrected chi connectivity index (χ0v) is 35.9. The fraction of sp³-hybridized carbons (Fsp3) is 0.0545. The van der Waals surface area contributed by atoms with Crippen LogP contribution in [-0.4, -0.2) is 13.4 Å². The van der Waals surface area contributed by atoms with Gasteiger partial charge in [-0.15, -0.1) is 0 Å². The lowest BCUT2D eigenvalue weighted by Crippen LogP contribution is -2.62. The van der Waals surface area contributed by atoms with Crippen molar-refractivity contribution in [3.63, 3.8) is 0 Å². The van der Waals surface area contributed by atoms with Crippen molar-refractivity contribution in [3.05, 3.63) is 181 Å². The average molecular weight is 845 g/mol. The summed E-state index contributed by atoms with van der Waals surface area (Å²) >= 11 is 3.72. The Morgan fingerprint density at radius 2 is 1.08 bits per heavy atom. The zero-order valence-electron chi connectivity index (χ0n) is 34.3. The summed E-state index contributed by atoms with van der Waals surface area (Å²) in [6.07, 6.45) is 0. The fourth-order valence-corrected chi connectivity index (χ4v) is 13.5. The van der Waals surface area contributed by atoms with E-state index in [1.165, 1.54) is 74.6 Å². The highest BCUT2D eigenvalue weighted by Crippen LogP contribution is 2.56. The van der Waals surface area contributed by atoms with Crippen LogP contribution in [0.3, 0.4) is 0 Å². The Balaban J connectivity index is 0.941. The van der Waals surface area contributed by atoms with Crippen molar-refractivity contribution in [1.82, 2.24) is 0 Å². The summed E-state index contributed by atoms with van der Waals surface area (Å²) in [5.74, 6) is 6.74. The lowest BCUT2D eigenvalue weighted by molar-refractivity contribution is 0.466. The first-order valence-corrected chi connectivity index (χ1v) is 23.1. The molecule has 9 aromatic rings. The average Bonchev–Trinajstić information content (AvgIpc) is 3.53. The second-order valence-corrected chi connectivity index (χ2v) is 19.6. The Morgan fingerprint density at radius 3 is 1.81 bits per heavy atom. The van der Waals surface area contributed by atoms with Crippen molar-refractivity contribution in [1.29, 1.82) is 0 Å². The van der Waals surface area contributed by atoms with E-state index in [0.717, 1.165) is 56.8 Å². The molecule has 4 nitrogen and oxygen atoms in total. The minimum atomic E-state index is -0.278. The second-order valence-electron chi connectivity index (χ2n) is 17.5. The Bertz CT molecular complexity index is 3460. The molecule has 0 N–H and O–H groups in total. The summed E-state index contributed by atoms with van der Waals surface area (Å²) in [7, 11) is 0. The molecule has 0 amide bonds. The van der Waals surface area contributed by atoms with Crippen LogP contribution in [0.4, 0.5) is 0 Å². The molecule has 0 unspecified atom stereocenters.